The Labute approximate surface area is 205 Å². The maximum atomic E-state index is 13.4. The maximum Gasteiger partial charge on any atom is 0.261 e. The predicted molar refractivity (Wildman–Crippen MR) is 135 cm³/mol. The van der Waals surface area contributed by atoms with Crippen molar-refractivity contribution in [1.82, 2.24) is 10.7 Å². The topological polar surface area (TPSA) is 87.7 Å². The highest BCUT2D eigenvalue weighted by atomic mass is 16.5. The number of ether oxygens (including phenoxy) is 1. The van der Waals surface area contributed by atoms with Gasteiger partial charge in [-0.05, 0) is 55.2 Å². The molecule has 0 spiro atoms. The van der Waals surface area contributed by atoms with E-state index in [2.05, 4.69) is 10.7 Å². The number of amides is 3. The van der Waals surface area contributed by atoms with Gasteiger partial charge in [-0.3, -0.25) is 19.8 Å². The normalized spacial score (nSPS) is 15.3. The SMILES string of the molecule is COc1ccc(CCC(=O)N[C@@H](C)C(=O)NN2C(=O)C(C)c3ccccc3-c3ccccc32)cc1. The summed E-state index contributed by atoms with van der Waals surface area (Å²) in [6.07, 6.45) is 0.777. The predicted octanol–water partition coefficient (Wildman–Crippen LogP) is 3.98. The van der Waals surface area contributed by atoms with E-state index in [9.17, 15) is 14.4 Å². The van der Waals surface area contributed by atoms with Crippen LogP contribution in [0.25, 0.3) is 11.1 Å². The van der Waals surface area contributed by atoms with Crippen LogP contribution in [-0.4, -0.2) is 30.9 Å². The van der Waals surface area contributed by atoms with Crippen LogP contribution in [0.3, 0.4) is 0 Å². The first-order valence-corrected chi connectivity index (χ1v) is 11.6. The zero-order valence-corrected chi connectivity index (χ0v) is 20.1. The fourth-order valence-corrected chi connectivity index (χ4v) is 4.21. The summed E-state index contributed by atoms with van der Waals surface area (Å²) in [6, 6.07) is 21.9. The minimum Gasteiger partial charge on any atom is -0.497 e. The lowest BCUT2D eigenvalue weighted by atomic mass is 9.92. The minimum atomic E-state index is -0.820. The van der Waals surface area contributed by atoms with Crippen LogP contribution < -0.4 is 20.5 Å². The first-order valence-electron chi connectivity index (χ1n) is 11.6. The molecule has 1 unspecified atom stereocenters. The van der Waals surface area contributed by atoms with E-state index in [1.807, 2.05) is 73.7 Å². The lowest BCUT2D eigenvalue weighted by Gasteiger charge is -2.27. The molecule has 0 aliphatic carbocycles. The van der Waals surface area contributed by atoms with Gasteiger partial charge < -0.3 is 10.1 Å². The molecule has 7 nitrogen and oxygen atoms in total. The molecular formula is C28H29N3O4. The van der Waals surface area contributed by atoms with Gasteiger partial charge >= 0.3 is 0 Å². The van der Waals surface area contributed by atoms with Crippen LogP contribution in [-0.2, 0) is 20.8 Å². The van der Waals surface area contributed by atoms with Crippen molar-refractivity contribution in [3.63, 3.8) is 0 Å². The van der Waals surface area contributed by atoms with Crippen LogP contribution in [0.5, 0.6) is 5.75 Å². The van der Waals surface area contributed by atoms with E-state index in [1.54, 1.807) is 20.1 Å². The molecule has 3 amide bonds. The molecule has 0 saturated heterocycles. The smallest absolute Gasteiger partial charge is 0.261 e. The van der Waals surface area contributed by atoms with E-state index in [0.29, 0.717) is 12.1 Å². The zero-order valence-electron chi connectivity index (χ0n) is 20.1. The average molecular weight is 472 g/mol. The van der Waals surface area contributed by atoms with Crippen LogP contribution in [0.4, 0.5) is 5.69 Å². The van der Waals surface area contributed by atoms with Crippen LogP contribution in [0.1, 0.15) is 37.3 Å². The number of methoxy groups -OCH3 is 1. The molecule has 2 atom stereocenters. The fraction of sp³-hybridized carbons (Fsp3) is 0.250. The van der Waals surface area contributed by atoms with Crippen molar-refractivity contribution in [1.29, 1.82) is 0 Å². The molecule has 4 rings (SSSR count). The first kappa shape index (κ1) is 24.0. The second-order valence-corrected chi connectivity index (χ2v) is 8.61. The first-order chi connectivity index (χ1) is 16.9. The van der Waals surface area contributed by atoms with Crippen molar-refractivity contribution < 1.29 is 19.1 Å². The molecule has 0 bridgehead atoms. The van der Waals surface area contributed by atoms with Crippen molar-refractivity contribution in [2.24, 2.45) is 0 Å². The number of hydrogen-bond donors (Lipinski definition) is 2. The van der Waals surface area contributed by atoms with Gasteiger partial charge in [-0.1, -0.05) is 54.6 Å². The summed E-state index contributed by atoms with van der Waals surface area (Å²) in [5.74, 6) is -0.649. The Morgan fingerprint density at radius 1 is 0.971 bits per heavy atom. The Hall–Kier alpha value is -4.13. The molecule has 1 heterocycles. The monoisotopic (exact) mass is 471 g/mol. The molecular weight excluding hydrogens is 442 g/mol. The number of nitrogens with zero attached hydrogens (tertiary/aromatic N) is 1. The van der Waals surface area contributed by atoms with Gasteiger partial charge in [-0.2, -0.15) is 0 Å². The van der Waals surface area contributed by atoms with Gasteiger partial charge in [-0.25, -0.2) is 5.01 Å². The van der Waals surface area contributed by atoms with Crippen molar-refractivity contribution in [3.05, 3.63) is 83.9 Å². The largest absolute Gasteiger partial charge is 0.497 e. The molecule has 3 aromatic rings. The zero-order chi connectivity index (χ0) is 24.9. The third kappa shape index (κ3) is 5.19. The molecule has 35 heavy (non-hydrogen) atoms. The van der Waals surface area contributed by atoms with Crippen molar-refractivity contribution >= 4 is 23.4 Å². The van der Waals surface area contributed by atoms with E-state index in [-0.39, 0.29) is 18.2 Å². The molecule has 0 saturated carbocycles. The molecule has 1 aliphatic heterocycles. The number of hydrogen-bond acceptors (Lipinski definition) is 4. The second kappa shape index (κ2) is 10.4. The molecule has 7 heteroatoms. The molecule has 1 aliphatic rings. The quantitative estimate of drug-likeness (QED) is 0.546. The van der Waals surface area contributed by atoms with Crippen molar-refractivity contribution in [2.45, 2.75) is 38.6 Å². The molecule has 2 N–H and O–H groups in total. The average Bonchev–Trinajstić information content (AvgIpc) is 2.97. The van der Waals surface area contributed by atoms with Gasteiger partial charge in [0.25, 0.3) is 11.8 Å². The summed E-state index contributed by atoms with van der Waals surface area (Å²) in [5.41, 5.74) is 7.06. The van der Waals surface area contributed by atoms with Gasteiger partial charge in [-0.15, -0.1) is 0 Å². The number of nitrogens with one attached hydrogen (secondary N) is 2. The number of hydrazine groups is 1. The van der Waals surface area contributed by atoms with Crippen LogP contribution in [0.2, 0.25) is 0 Å². The standard InChI is InChI=1S/C28H29N3O4/c1-18-22-8-4-5-9-23(22)24-10-6-7-11-25(24)31(28(18)34)30-27(33)19(2)29-26(32)17-14-20-12-15-21(35-3)16-13-20/h4-13,15-16,18-19H,14,17H2,1-3H3,(H,29,32)(H,30,33)/t18?,19-/m0/s1. The number of anilines is 1. The number of para-hydroxylation sites is 1. The van der Waals surface area contributed by atoms with E-state index >= 15 is 0 Å². The van der Waals surface area contributed by atoms with Crippen LogP contribution in [0.15, 0.2) is 72.8 Å². The molecule has 180 valence electrons. The number of rotatable bonds is 7. The maximum absolute atomic E-state index is 13.4. The Bertz CT molecular complexity index is 1240. The fourth-order valence-electron chi connectivity index (χ4n) is 4.21. The Kier molecular flexibility index (Phi) is 7.15. The second-order valence-electron chi connectivity index (χ2n) is 8.61. The summed E-state index contributed by atoms with van der Waals surface area (Å²) >= 11 is 0. The van der Waals surface area contributed by atoms with Gasteiger partial charge in [0.15, 0.2) is 0 Å². The minimum absolute atomic E-state index is 0.238. The van der Waals surface area contributed by atoms with Crippen LogP contribution in [0, 0.1) is 0 Å². The summed E-state index contributed by atoms with van der Waals surface area (Å²) in [5, 5.41) is 4.04. The number of aryl methyl sites for hydroxylation is 1. The third-order valence-corrected chi connectivity index (χ3v) is 6.25. The number of carbonyl (C=O) groups is 3. The Morgan fingerprint density at radius 2 is 1.63 bits per heavy atom. The van der Waals surface area contributed by atoms with E-state index in [1.165, 1.54) is 5.01 Å². The third-order valence-electron chi connectivity index (χ3n) is 6.25. The summed E-state index contributed by atoms with van der Waals surface area (Å²) in [7, 11) is 1.60. The van der Waals surface area contributed by atoms with Gasteiger partial charge in [0.2, 0.25) is 5.91 Å². The van der Waals surface area contributed by atoms with E-state index in [0.717, 1.165) is 28.0 Å². The van der Waals surface area contributed by atoms with Gasteiger partial charge in [0.05, 0.1) is 18.7 Å². The summed E-state index contributed by atoms with van der Waals surface area (Å²) in [4.78, 5) is 38.8. The molecule has 0 aromatic heterocycles. The van der Waals surface area contributed by atoms with E-state index in [4.69, 9.17) is 4.74 Å². The molecule has 3 aromatic carbocycles. The highest BCUT2D eigenvalue weighted by Crippen LogP contribution is 2.39. The highest BCUT2D eigenvalue weighted by molar-refractivity contribution is 6.06. The van der Waals surface area contributed by atoms with Crippen molar-refractivity contribution in [2.75, 3.05) is 12.1 Å². The van der Waals surface area contributed by atoms with Gasteiger partial charge in [0, 0.05) is 12.0 Å². The summed E-state index contributed by atoms with van der Waals surface area (Å²) in [6.45, 7) is 3.43. The summed E-state index contributed by atoms with van der Waals surface area (Å²) < 4.78 is 5.15. The molecule has 0 radical (unpaired) electrons. The van der Waals surface area contributed by atoms with Gasteiger partial charge in [0.1, 0.15) is 11.8 Å². The van der Waals surface area contributed by atoms with Crippen molar-refractivity contribution in [3.8, 4) is 16.9 Å². The number of benzene rings is 3. The number of fused-ring (bicyclic) bond motifs is 3. The number of carbonyl (C=O) groups excluding carboxylic acids is 3. The Morgan fingerprint density at radius 3 is 2.34 bits per heavy atom. The highest BCUT2D eigenvalue weighted by Gasteiger charge is 2.33. The lowest BCUT2D eigenvalue weighted by Crippen LogP contribution is -2.54. The molecule has 0 fully saturated rings. The Balaban J connectivity index is 1.43. The van der Waals surface area contributed by atoms with E-state index < -0.39 is 17.9 Å². The lowest BCUT2D eigenvalue weighted by molar-refractivity contribution is -0.130. The van der Waals surface area contributed by atoms with Crippen LogP contribution >= 0.6 is 0 Å².